The zero-order chi connectivity index (χ0) is 17.8. The molecular formula is C19H27N5O. The number of nitrogens with one attached hydrogen (secondary N) is 1. The Morgan fingerprint density at radius 3 is 2.76 bits per heavy atom. The Kier molecular flexibility index (Phi) is 5.38. The number of benzene rings is 1. The van der Waals surface area contributed by atoms with E-state index < -0.39 is 0 Å². The lowest BCUT2D eigenvalue weighted by Gasteiger charge is -2.21. The molecule has 1 aliphatic heterocycles. The molecule has 0 radical (unpaired) electrons. The number of hydrogen-bond donors (Lipinski definition) is 1. The normalized spacial score (nSPS) is 15.9. The molecule has 2 amide bonds. The monoisotopic (exact) mass is 341 g/mol. The second kappa shape index (κ2) is 7.70. The number of aryl methyl sites for hydroxylation is 2. The maximum absolute atomic E-state index is 12.5. The summed E-state index contributed by atoms with van der Waals surface area (Å²) in [7, 11) is 2.10. The topological polar surface area (TPSA) is 53.4 Å². The predicted molar refractivity (Wildman–Crippen MR) is 100.0 cm³/mol. The van der Waals surface area contributed by atoms with E-state index in [-0.39, 0.29) is 6.03 Å². The number of rotatable bonds is 3. The molecule has 0 saturated carbocycles. The largest absolute Gasteiger partial charge is 0.323 e. The summed E-state index contributed by atoms with van der Waals surface area (Å²) >= 11 is 0. The first-order valence-corrected chi connectivity index (χ1v) is 8.86. The molecule has 134 valence electrons. The molecular weight excluding hydrogens is 314 g/mol. The van der Waals surface area contributed by atoms with Crippen molar-refractivity contribution in [2.24, 2.45) is 0 Å². The highest BCUT2D eigenvalue weighted by Crippen LogP contribution is 2.14. The van der Waals surface area contributed by atoms with Gasteiger partial charge in [-0.3, -0.25) is 4.68 Å². The highest BCUT2D eigenvalue weighted by molar-refractivity contribution is 5.89. The maximum Gasteiger partial charge on any atom is 0.321 e. The van der Waals surface area contributed by atoms with Gasteiger partial charge >= 0.3 is 6.03 Å². The highest BCUT2D eigenvalue weighted by atomic mass is 16.2. The van der Waals surface area contributed by atoms with Gasteiger partial charge in [-0.15, -0.1) is 0 Å². The molecule has 1 N–H and O–H groups in total. The Morgan fingerprint density at radius 1 is 1.16 bits per heavy atom. The standard InChI is InChI=1S/C19H27N5O/c1-15-12-16(2)24(21-15)14-17-6-4-7-18(13-17)20-19(25)23-9-5-8-22(3)10-11-23/h4,6-7,12-13H,5,8-11,14H2,1-3H3,(H,20,25). The molecule has 2 heterocycles. The van der Waals surface area contributed by atoms with Crippen LogP contribution in [-0.2, 0) is 6.54 Å². The van der Waals surface area contributed by atoms with Crippen LogP contribution in [0.1, 0.15) is 23.4 Å². The Hall–Kier alpha value is -2.34. The third kappa shape index (κ3) is 4.60. The molecule has 6 nitrogen and oxygen atoms in total. The summed E-state index contributed by atoms with van der Waals surface area (Å²) in [5.74, 6) is 0. The van der Waals surface area contributed by atoms with Crippen LogP contribution in [-0.4, -0.2) is 58.8 Å². The first-order chi connectivity index (χ1) is 12.0. The average molecular weight is 341 g/mol. The van der Waals surface area contributed by atoms with Gasteiger partial charge in [0.15, 0.2) is 0 Å². The molecule has 3 rings (SSSR count). The van der Waals surface area contributed by atoms with Crippen molar-refractivity contribution in [3.63, 3.8) is 0 Å². The number of urea groups is 1. The van der Waals surface area contributed by atoms with Crippen LogP contribution >= 0.6 is 0 Å². The van der Waals surface area contributed by atoms with E-state index in [1.807, 2.05) is 34.7 Å². The van der Waals surface area contributed by atoms with E-state index in [9.17, 15) is 4.79 Å². The van der Waals surface area contributed by atoms with Gasteiger partial charge in [0.25, 0.3) is 0 Å². The van der Waals surface area contributed by atoms with Crippen LogP contribution < -0.4 is 5.32 Å². The van der Waals surface area contributed by atoms with Crippen LogP contribution in [0.2, 0.25) is 0 Å². The molecule has 1 aromatic heterocycles. The van der Waals surface area contributed by atoms with Gasteiger partial charge in [-0.2, -0.15) is 5.10 Å². The lowest BCUT2D eigenvalue weighted by molar-refractivity contribution is 0.213. The third-order valence-corrected chi connectivity index (χ3v) is 4.62. The fraction of sp³-hybridized carbons (Fsp3) is 0.474. The molecule has 1 aromatic carbocycles. The lowest BCUT2D eigenvalue weighted by atomic mass is 10.2. The molecule has 0 spiro atoms. The molecule has 2 aromatic rings. The van der Waals surface area contributed by atoms with E-state index in [0.29, 0.717) is 6.54 Å². The molecule has 6 heteroatoms. The Bertz CT molecular complexity index is 739. The Morgan fingerprint density at radius 2 is 2.00 bits per heavy atom. The second-order valence-corrected chi connectivity index (χ2v) is 6.86. The third-order valence-electron chi connectivity index (χ3n) is 4.62. The summed E-state index contributed by atoms with van der Waals surface area (Å²) < 4.78 is 1.99. The minimum absolute atomic E-state index is 0.0152. The van der Waals surface area contributed by atoms with Crippen molar-refractivity contribution >= 4 is 11.7 Å². The van der Waals surface area contributed by atoms with Crippen molar-refractivity contribution in [2.45, 2.75) is 26.8 Å². The van der Waals surface area contributed by atoms with Crippen molar-refractivity contribution in [2.75, 3.05) is 38.5 Å². The number of amides is 2. The zero-order valence-corrected chi connectivity index (χ0v) is 15.3. The van der Waals surface area contributed by atoms with Crippen LogP contribution in [0.3, 0.4) is 0 Å². The summed E-state index contributed by atoms with van der Waals surface area (Å²) in [6, 6.07) is 10.1. The van der Waals surface area contributed by atoms with Gasteiger partial charge < -0.3 is 15.1 Å². The molecule has 1 saturated heterocycles. The molecule has 0 aliphatic carbocycles. The molecule has 0 unspecified atom stereocenters. The minimum atomic E-state index is -0.0152. The van der Waals surface area contributed by atoms with E-state index in [2.05, 4.69) is 41.4 Å². The fourth-order valence-electron chi connectivity index (χ4n) is 3.21. The van der Waals surface area contributed by atoms with E-state index in [1.165, 1.54) is 0 Å². The van der Waals surface area contributed by atoms with Gasteiger partial charge in [-0.25, -0.2) is 4.79 Å². The van der Waals surface area contributed by atoms with Crippen molar-refractivity contribution < 1.29 is 4.79 Å². The average Bonchev–Trinajstić information content (AvgIpc) is 2.75. The van der Waals surface area contributed by atoms with Gasteiger partial charge in [0, 0.05) is 31.0 Å². The first kappa shape index (κ1) is 17.5. The first-order valence-electron chi connectivity index (χ1n) is 8.86. The predicted octanol–water partition coefficient (Wildman–Crippen LogP) is 2.72. The summed E-state index contributed by atoms with van der Waals surface area (Å²) in [6.07, 6.45) is 1.02. The SMILES string of the molecule is Cc1cc(C)n(Cc2cccc(NC(=O)N3CCCN(C)CC3)c2)n1. The van der Waals surface area contributed by atoms with Crippen LogP contribution in [0.4, 0.5) is 10.5 Å². The fourth-order valence-corrected chi connectivity index (χ4v) is 3.21. The molecule has 1 fully saturated rings. The van der Waals surface area contributed by atoms with Gasteiger partial charge in [0.05, 0.1) is 12.2 Å². The van der Waals surface area contributed by atoms with Crippen LogP contribution in [0.5, 0.6) is 0 Å². The number of anilines is 1. The number of carbonyl (C=O) groups excluding carboxylic acids is 1. The van der Waals surface area contributed by atoms with E-state index in [0.717, 1.165) is 55.2 Å². The van der Waals surface area contributed by atoms with Crippen LogP contribution in [0.25, 0.3) is 0 Å². The zero-order valence-electron chi connectivity index (χ0n) is 15.3. The quantitative estimate of drug-likeness (QED) is 0.934. The number of likely N-dealkylation sites (N-methyl/N-ethyl adjacent to an activating group) is 1. The maximum atomic E-state index is 12.5. The van der Waals surface area contributed by atoms with Crippen LogP contribution in [0, 0.1) is 13.8 Å². The Labute approximate surface area is 149 Å². The van der Waals surface area contributed by atoms with E-state index in [4.69, 9.17) is 0 Å². The summed E-state index contributed by atoms with van der Waals surface area (Å²) in [5.41, 5.74) is 4.12. The second-order valence-electron chi connectivity index (χ2n) is 6.86. The van der Waals surface area contributed by atoms with Crippen LogP contribution in [0.15, 0.2) is 30.3 Å². The van der Waals surface area contributed by atoms with Gasteiger partial charge in [-0.05, 0) is 57.6 Å². The molecule has 1 aliphatic rings. The summed E-state index contributed by atoms with van der Waals surface area (Å²) in [4.78, 5) is 16.7. The van der Waals surface area contributed by atoms with E-state index in [1.54, 1.807) is 0 Å². The number of aromatic nitrogens is 2. The number of hydrogen-bond acceptors (Lipinski definition) is 3. The molecule has 0 bridgehead atoms. The van der Waals surface area contributed by atoms with Crippen molar-refractivity contribution in [1.29, 1.82) is 0 Å². The van der Waals surface area contributed by atoms with Gasteiger partial charge in [0.2, 0.25) is 0 Å². The summed E-state index contributed by atoms with van der Waals surface area (Å²) in [5, 5.41) is 7.54. The number of nitrogens with zero attached hydrogens (tertiary/aromatic N) is 4. The minimum Gasteiger partial charge on any atom is -0.323 e. The van der Waals surface area contributed by atoms with Gasteiger partial charge in [-0.1, -0.05) is 12.1 Å². The smallest absolute Gasteiger partial charge is 0.321 e. The van der Waals surface area contributed by atoms with Crippen molar-refractivity contribution in [1.82, 2.24) is 19.6 Å². The van der Waals surface area contributed by atoms with Crippen molar-refractivity contribution in [3.8, 4) is 0 Å². The molecule has 0 atom stereocenters. The Balaban J connectivity index is 1.65. The van der Waals surface area contributed by atoms with Crippen molar-refractivity contribution in [3.05, 3.63) is 47.3 Å². The van der Waals surface area contributed by atoms with Gasteiger partial charge in [0.1, 0.15) is 0 Å². The highest BCUT2D eigenvalue weighted by Gasteiger charge is 2.17. The van der Waals surface area contributed by atoms with E-state index >= 15 is 0 Å². The summed E-state index contributed by atoms with van der Waals surface area (Å²) in [6.45, 7) is 8.31. The number of carbonyl (C=O) groups is 1. The molecule has 25 heavy (non-hydrogen) atoms. The lowest BCUT2D eigenvalue weighted by Crippen LogP contribution is -2.37.